The molecular weight excluding hydrogens is 104 g/mol. The molecule has 3 heteroatoms. The Balaban J connectivity index is 2.33. The van der Waals surface area contributed by atoms with E-state index in [0.717, 1.165) is 6.54 Å². The van der Waals surface area contributed by atoms with E-state index in [0.29, 0.717) is 0 Å². The Kier molecular flexibility index (Phi) is 1.21. The van der Waals surface area contributed by atoms with Crippen LogP contribution in [0.2, 0.25) is 0 Å². The third-order valence-corrected chi connectivity index (χ3v) is 1.15. The second-order valence-corrected chi connectivity index (χ2v) is 2.19. The summed E-state index contributed by atoms with van der Waals surface area (Å²) in [6.07, 6.45) is 0. The predicted octanol–water partition coefficient (Wildman–Crippen LogP) is -0.954. The molecule has 1 amide bonds. The topological polar surface area (TPSA) is 42.2 Å². The number of hydrogen-bond acceptors (Lipinski definition) is 2. The lowest BCUT2D eigenvalue weighted by molar-refractivity contribution is -0.128. The first-order valence-corrected chi connectivity index (χ1v) is 2.66. The highest BCUT2D eigenvalue weighted by Gasteiger charge is 2.29. The Bertz CT molecular complexity index is 103. The largest absolute Gasteiger partial charge is 0.347 e. The quantitative estimate of drug-likeness (QED) is 0.446. The van der Waals surface area contributed by atoms with Crippen molar-refractivity contribution in [2.45, 2.75) is 6.04 Å². The molecule has 0 bridgehead atoms. The summed E-state index contributed by atoms with van der Waals surface area (Å²) in [7, 11) is 3.53. The summed E-state index contributed by atoms with van der Waals surface area (Å²) in [5.74, 6) is 0.185. The van der Waals surface area contributed by atoms with Crippen LogP contribution in [0.1, 0.15) is 0 Å². The van der Waals surface area contributed by atoms with Crippen LogP contribution < -0.4 is 5.32 Å². The van der Waals surface area contributed by atoms with Gasteiger partial charge in [0.25, 0.3) is 0 Å². The van der Waals surface area contributed by atoms with Gasteiger partial charge in [-0.3, -0.25) is 4.79 Å². The molecule has 1 saturated heterocycles. The molecule has 1 heterocycles. The van der Waals surface area contributed by atoms with Gasteiger partial charge in [-0.1, -0.05) is 0 Å². The van der Waals surface area contributed by atoms with Crippen LogP contribution in [-0.2, 0) is 4.79 Å². The molecule has 1 aliphatic heterocycles. The van der Waals surface area contributed by atoms with E-state index in [4.69, 9.17) is 0 Å². The molecule has 0 aromatic rings. The molecule has 8 heavy (non-hydrogen) atoms. The lowest BCUT2D eigenvalue weighted by atomic mass is 10.4. The third-order valence-electron chi connectivity index (χ3n) is 1.15. The molecule has 1 atom stereocenters. The van der Waals surface area contributed by atoms with Gasteiger partial charge in [-0.25, -0.2) is 0 Å². The van der Waals surface area contributed by atoms with Crippen molar-refractivity contribution >= 4 is 5.91 Å². The van der Waals surface area contributed by atoms with Gasteiger partial charge in [0.15, 0.2) is 0 Å². The third kappa shape index (κ3) is 0.980. The molecule has 1 rings (SSSR count). The van der Waals surface area contributed by atoms with E-state index < -0.39 is 0 Å². The Morgan fingerprint density at radius 1 is 1.75 bits per heavy atom. The standard InChI is InChI=1S/C5H10N2O/c1-7(2)5(8)4-3-6-4/h4,6H,3H2,1-2H3. The molecule has 0 spiro atoms. The SMILES string of the molecule is CN(C)C(=O)C1CN1. The molecule has 0 saturated carbocycles. The molecule has 1 N–H and O–H groups in total. The van der Waals surface area contributed by atoms with Crippen LogP contribution in [0.25, 0.3) is 0 Å². The molecule has 0 aliphatic carbocycles. The van der Waals surface area contributed by atoms with Gasteiger partial charge >= 0.3 is 0 Å². The number of hydrogen-bond donors (Lipinski definition) is 1. The predicted molar refractivity (Wildman–Crippen MR) is 30.5 cm³/mol. The first-order chi connectivity index (χ1) is 3.72. The Hall–Kier alpha value is -0.570. The van der Waals surface area contributed by atoms with Gasteiger partial charge in [0.1, 0.15) is 0 Å². The first kappa shape index (κ1) is 5.56. The van der Waals surface area contributed by atoms with Crippen LogP contribution in [0.3, 0.4) is 0 Å². The second kappa shape index (κ2) is 1.74. The molecule has 1 aliphatic rings. The van der Waals surface area contributed by atoms with Gasteiger partial charge in [0.2, 0.25) is 5.91 Å². The summed E-state index contributed by atoms with van der Waals surface area (Å²) in [5, 5.41) is 2.92. The molecule has 0 aromatic carbocycles. The van der Waals surface area contributed by atoms with Gasteiger partial charge in [-0.05, 0) is 0 Å². The maximum atomic E-state index is 10.8. The van der Waals surface area contributed by atoms with Crippen LogP contribution in [0.5, 0.6) is 0 Å². The van der Waals surface area contributed by atoms with E-state index in [1.165, 1.54) is 0 Å². The smallest absolute Gasteiger partial charge is 0.240 e. The fourth-order valence-electron chi connectivity index (χ4n) is 0.545. The van der Waals surface area contributed by atoms with Crippen LogP contribution in [0, 0.1) is 0 Å². The lowest BCUT2D eigenvalue weighted by Crippen LogP contribution is -2.27. The van der Waals surface area contributed by atoms with Crippen molar-refractivity contribution < 1.29 is 4.79 Å². The number of carbonyl (C=O) groups excluding carboxylic acids is 1. The molecule has 1 unspecified atom stereocenters. The van der Waals surface area contributed by atoms with E-state index >= 15 is 0 Å². The van der Waals surface area contributed by atoms with Crippen molar-refractivity contribution in [3.8, 4) is 0 Å². The van der Waals surface area contributed by atoms with Crippen molar-refractivity contribution in [1.82, 2.24) is 10.2 Å². The van der Waals surface area contributed by atoms with E-state index in [2.05, 4.69) is 5.32 Å². The Morgan fingerprint density at radius 2 is 2.25 bits per heavy atom. The average Bonchev–Trinajstić information content (AvgIpc) is 2.43. The van der Waals surface area contributed by atoms with E-state index in [9.17, 15) is 4.79 Å². The normalized spacial score (nSPS) is 25.0. The highest BCUT2D eigenvalue weighted by molar-refractivity contribution is 5.84. The van der Waals surface area contributed by atoms with Crippen molar-refractivity contribution in [2.75, 3.05) is 20.6 Å². The monoisotopic (exact) mass is 114 g/mol. The molecule has 1 fully saturated rings. The number of likely N-dealkylation sites (N-methyl/N-ethyl adjacent to an activating group) is 1. The van der Waals surface area contributed by atoms with Gasteiger partial charge in [-0.2, -0.15) is 0 Å². The van der Waals surface area contributed by atoms with Gasteiger partial charge in [0, 0.05) is 20.6 Å². The molecule has 0 aromatic heterocycles. The second-order valence-electron chi connectivity index (χ2n) is 2.19. The summed E-state index contributed by atoms with van der Waals surface area (Å²) in [6.45, 7) is 0.858. The zero-order valence-corrected chi connectivity index (χ0v) is 5.14. The number of rotatable bonds is 1. The molecular formula is C5H10N2O. The van der Waals surface area contributed by atoms with Crippen LogP contribution in [0.15, 0.2) is 0 Å². The zero-order chi connectivity index (χ0) is 6.15. The van der Waals surface area contributed by atoms with E-state index in [-0.39, 0.29) is 11.9 Å². The summed E-state index contributed by atoms with van der Waals surface area (Å²) < 4.78 is 0. The molecule has 46 valence electrons. The van der Waals surface area contributed by atoms with Crippen LogP contribution >= 0.6 is 0 Å². The summed E-state index contributed by atoms with van der Waals surface area (Å²) in [4.78, 5) is 12.4. The molecule has 3 nitrogen and oxygen atoms in total. The average molecular weight is 114 g/mol. The van der Waals surface area contributed by atoms with E-state index in [1.807, 2.05) is 0 Å². The number of amides is 1. The minimum Gasteiger partial charge on any atom is -0.347 e. The minimum atomic E-state index is 0.130. The summed E-state index contributed by atoms with van der Waals surface area (Å²) in [6, 6.07) is 0.130. The highest BCUT2D eigenvalue weighted by Crippen LogP contribution is 1.98. The van der Waals surface area contributed by atoms with Gasteiger partial charge < -0.3 is 10.2 Å². The maximum Gasteiger partial charge on any atom is 0.240 e. The number of nitrogens with zero attached hydrogens (tertiary/aromatic N) is 1. The number of carbonyl (C=O) groups is 1. The minimum absolute atomic E-state index is 0.130. The van der Waals surface area contributed by atoms with Crippen molar-refractivity contribution in [1.29, 1.82) is 0 Å². The summed E-state index contributed by atoms with van der Waals surface area (Å²) in [5.41, 5.74) is 0. The Morgan fingerprint density at radius 3 is 2.38 bits per heavy atom. The summed E-state index contributed by atoms with van der Waals surface area (Å²) >= 11 is 0. The van der Waals surface area contributed by atoms with Crippen molar-refractivity contribution in [2.24, 2.45) is 0 Å². The van der Waals surface area contributed by atoms with Crippen LogP contribution in [0.4, 0.5) is 0 Å². The van der Waals surface area contributed by atoms with E-state index in [1.54, 1.807) is 19.0 Å². The van der Waals surface area contributed by atoms with Crippen molar-refractivity contribution in [3.05, 3.63) is 0 Å². The lowest BCUT2D eigenvalue weighted by Gasteiger charge is -2.06. The van der Waals surface area contributed by atoms with Crippen LogP contribution in [-0.4, -0.2) is 37.5 Å². The maximum absolute atomic E-state index is 10.8. The molecule has 0 radical (unpaired) electrons. The fourth-order valence-corrected chi connectivity index (χ4v) is 0.545. The van der Waals surface area contributed by atoms with Crippen molar-refractivity contribution in [3.63, 3.8) is 0 Å². The fraction of sp³-hybridized carbons (Fsp3) is 0.800. The Labute approximate surface area is 48.7 Å². The first-order valence-electron chi connectivity index (χ1n) is 2.66. The van der Waals surface area contributed by atoms with Gasteiger partial charge in [-0.15, -0.1) is 0 Å². The number of nitrogens with one attached hydrogen (secondary N) is 1. The highest BCUT2D eigenvalue weighted by atomic mass is 16.2. The zero-order valence-electron chi connectivity index (χ0n) is 5.14. The van der Waals surface area contributed by atoms with Gasteiger partial charge in [0.05, 0.1) is 6.04 Å².